The summed E-state index contributed by atoms with van der Waals surface area (Å²) in [5.74, 6) is -1.18. The highest BCUT2D eigenvalue weighted by Crippen LogP contribution is 2.43. The van der Waals surface area contributed by atoms with Crippen LogP contribution in [-0.4, -0.2) is 50.6 Å². The number of carbonyl (C=O) groups is 1. The van der Waals surface area contributed by atoms with Crippen molar-refractivity contribution < 1.29 is 18.0 Å². The lowest BCUT2D eigenvalue weighted by atomic mass is 9.77. The largest absolute Gasteiger partial charge is 0.391 e. The van der Waals surface area contributed by atoms with Gasteiger partial charge in [0.25, 0.3) is 0 Å². The summed E-state index contributed by atoms with van der Waals surface area (Å²) in [7, 11) is 0. The first-order valence-electron chi connectivity index (χ1n) is 11.3. The Morgan fingerprint density at radius 3 is 2.56 bits per heavy atom. The van der Waals surface area contributed by atoms with Crippen LogP contribution in [0.25, 0.3) is 5.65 Å². The quantitative estimate of drug-likeness (QED) is 0.569. The molecule has 2 aromatic heterocycles. The van der Waals surface area contributed by atoms with E-state index in [9.17, 15) is 18.0 Å². The minimum atomic E-state index is -4.11. The summed E-state index contributed by atoms with van der Waals surface area (Å²) in [5.41, 5.74) is 4.39. The molecule has 1 aliphatic carbocycles. The molecule has 9 heteroatoms. The number of halogens is 4. The van der Waals surface area contributed by atoms with Gasteiger partial charge in [-0.3, -0.25) is 9.69 Å². The predicted octanol–water partition coefficient (Wildman–Crippen LogP) is 5.30. The maximum Gasteiger partial charge on any atom is 0.391 e. The molecule has 1 atom stereocenters. The van der Waals surface area contributed by atoms with Crippen molar-refractivity contribution in [1.29, 1.82) is 0 Å². The van der Waals surface area contributed by atoms with Crippen LogP contribution in [0, 0.1) is 19.8 Å². The number of carbonyl (C=O) groups excluding carboxylic acids is 1. The van der Waals surface area contributed by atoms with Gasteiger partial charge in [-0.05, 0) is 76.1 Å². The standard InChI is InChI=1S/C23H30ClF3N4O/c1-14-15(2)28-20-11-18(16-5-7-17(8-6-16)23(25,26)27)29-31(20)21(14)22(3)9-4-10-30(13-22)12-19(24)32/h11,16-17H,4-10,12-13H2,1-3H3/t16?,17?,22-/m1/s1. The number of alkyl halides is 3. The van der Waals surface area contributed by atoms with Crippen LogP contribution in [0.15, 0.2) is 6.07 Å². The summed E-state index contributed by atoms with van der Waals surface area (Å²) in [4.78, 5) is 18.3. The van der Waals surface area contributed by atoms with Gasteiger partial charge in [0.15, 0.2) is 5.65 Å². The molecular formula is C23H30ClF3N4O. The Hall–Kier alpha value is -1.67. The van der Waals surface area contributed by atoms with Gasteiger partial charge in [-0.15, -0.1) is 0 Å². The third-order valence-electron chi connectivity index (χ3n) is 7.40. The summed E-state index contributed by atoms with van der Waals surface area (Å²) in [5, 5.41) is 4.53. The van der Waals surface area contributed by atoms with Gasteiger partial charge in [-0.1, -0.05) is 6.92 Å². The third kappa shape index (κ3) is 4.53. The fourth-order valence-corrected chi connectivity index (χ4v) is 5.86. The Bertz CT molecular complexity index is 1010. The predicted molar refractivity (Wildman–Crippen MR) is 117 cm³/mol. The minimum absolute atomic E-state index is 0.0216. The molecule has 32 heavy (non-hydrogen) atoms. The molecule has 4 rings (SSSR count). The molecule has 3 heterocycles. The molecule has 5 nitrogen and oxygen atoms in total. The van der Waals surface area contributed by atoms with E-state index in [4.69, 9.17) is 21.7 Å². The van der Waals surface area contributed by atoms with Crippen LogP contribution in [0.4, 0.5) is 13.2 Å². The summed E-state index contributed by atoms with van der Waals surface area (Å²) in [6.07, 6.45) is -0.935. The molecule has 0 unspecified atom stereocenters. The highest BCUT2D eigenvalue weighted by Gasteiger charge is 2.42. The van der Waals surface area contributed by atoms with Gasteiger partial charge in [-0.25, -0.2) is 9.50 Å². The lowest BCUT2D eigenvalue weighted by molar-refractivity contribution is -0.182. The van der Waals surface area contributed by atoms with E-state index in [1.807, 2.05) is 24.4 Å². The maximum atomic E-state index is 13.1. The number of rotatable bonds is 4. The highest BCUT2D eigenvalue weighted by atomic mass is 35.5. The molecule has 0 bridgehead atoms. The molecule has 176 valence electrons. The molecule has 0 amide bonds. The number of aromatic nitrogens is 3. The molecule has 2 fully saturated rings. The molecule has 0 N–H and O–H groups in total. The van der Waals surface area contributed by atoms with Crippen molar-refractivity contribution in [2.45, 2.75) is 76.8 Å². The van der Waals surface area contributed by atoms with Gasteiger partial charge in [0, 0.05) is 29.6 Å². The number of nitrogens with zero attached hydrogens (tertiary/aromatic N) is 4. The van der Waals surface area contributed by atoms with Crippen LogP contribution >= 0.6 is 11.6 Å². The Morgan fingerprint density at radius 2 is 1.94 bits per heavy atom. The fourth-order valence-electron chi connectivity index (χ4n) is 5.69. The molecule has 0 spiro atoms. The zero-order chi connectivity index (χ0) is 23.3. The van der Waals surface area contributed by atoms with Crippen molar-refractivity contribution in [1.82, 2.24) is 19.5 Å². The Morgan fingerprint density at radius 1 is 1.25 bits per heavy atom. The van der Waals surface area contributed by atoms with E-state index in [2.05, 4.69) is 11.8 Å². The maximum absolute atomic E-state index is 13.1. The average molecular weight is 471 g/mol. The zero-order valence-electron chi connectivity index (χ0n) is 18.8. The first kappa shape index (κ1) is 23.5. The van der Waals surface area contributed by atoms with E-state index in [1.54, 1.807) is 0 Å². The van der Waals surface area contributed by atoms with Crippen LogP contribution in [0.5, 0.6) is 0 Å². The second-order valence-corrected chi connectivity index (χ2v) is 10.3. The Labute approximate surface area is 191 Å². The van der Waals surface area contributed by atoms with Crippen molar-refractivity contribution >= 4 is 22.5 Å². The van der Waals surface area contributed by atoms with Crippen LogP contribution in [0.3, 0.4) is 0 Å². The van der Waals surface area contributed by atoms with E-state index in [1.165, 1.54) is 0 Å². The normalized spacial score (nSPS) is 27.7. The molecule has 2 aliphatic rings. The van der Waals surface area contributed by atoms with Crippen molar-refractivity contribution in [3.05, 3.63) is 28.7 Å². The van der Waals surface area contributed by atoms with Crippen LogP contribution in [0.2, 0.25) is 0 Å². The van der Waals surface area contributed by atoms with Crippen molar-refractivity contribution in [2.75, 3.05) is 19.6 Å². The molecule has 2 aromatic rings. The second-order valence-electron chi connectivity index (χ2n) is 9.83. The Kier molecular flexibility index (Phi) is 6.31. The average Bonchev–Trinajstić information content (AvgIpc) is 3.10. The summed E-state index contributed by atoms with van der Waals surface area (Å²) in [6, 6.07) is 1.95. The van der Waals surface area contributed by atoms with Gasteiger partial charge in [-0.2, -0.15) is 18.3 Å². The lowest BCUT2D eigenvalue weighted by Gasteiger charge is -2.41. The van der Waals surface area contributed by atoms with E-state index in [-0.39, 0.29) is 36.0 Å². The fraction of sp³-hybridized carbons (Fsp3) is 0.696. The number of hydrogen-bond acceptors (Lipinski definition) is 4. The first-order valence-corrected chi connectivity index (χ1v) is 11.7. The van der Waals surface area contributed by atoms with Gasteiger partial charge >= 0.3 is 6.18 Å². The van der Waals surface area contributed by atoms with Crippen molar-refractivity contribution in [2.24, 2.45) is 5.92 Å². The highest BCUT2D eigenvalue weighted by molar-refractivity contribution is 6.64. The third-order valence-corrected chi connectivity index (χ3v) is 7.52. The van der Waals surface area contributed by atoms with E-state index >= 15 is 0 Å². The smallest absolute Gasteiger partial charge is 0.294 e. The number of aryl methyl sites for hydroxylation is 1. The molecule has 1 saturated carbocycles. The SMILES string of the molecule is Cc1nc2cc(C3CCC(C(F)(F)F)CC3)nn2c([C@]2(C)CCCN(CC(=O)Cl)C2)c1C. The molecular weight excluding hydrogens is 441 g/mol. The lowest BCUT2D eigenvalue weighted by Crippen LogP contribution is -2.47. The topological polar surface area (TPSA) is 50.5 Å². The van der Waals surface area contributed by atoms with Crippen molar-refractivity contribution in [3.8, 4) is 0 Å². The summed E-state index contributed by atoms with van der Waals surface area (Å²) < 4.78 is 41.1. The van der Waals surface area contributed by atoms with Crippen LogP contribution < -0.4 is 0 Å². The van der Waals surface area contributed by atoms with Gasteiger partial charge in [0.2, 0.25) is 5.24 Å². The summed E-state index contributed by atoms with van der Waals surface area (Å²) >= 11 is 5.65. The van der Waals surface area contributed by atoms with E-state index < -0.39 is 12.1 Å². The molecule has 1 aliphatic heterocycles. The Balaban J connectivity index is 1.67. The van der Waals surface area contributed by atoms with Crippen molar-refractivity contribution in [3.63, 3.8) is 0 Å². The second kappa shape index (κ2) is 8.60. The number of piperidine rings is 1. The minimum Gasteiger partial charge on any atom is -0.294 e. The molecule has 0 aromatic carbocycles. The van der Waals surface area contributed by atoms with E-state index in [0.717, 1.165) is 47.7 Å². The molecule has 0 radical (unpaired) electrons. The monoisotopic (exact) mass is 470 g/mol. The number of likely N-dealkylation sites (tertiary alicyclic amines) is 1. The number of hydrogen-bond donors (Lipinski definition) is 0. The van der Waals surface area contributed by atoms with Gasteiger partial charge < -0.3 is 0 Å². The summed E-state index contributed by atoms with van der Waals surface area (Å²) in [6.45, 7) is 7.95. The van der Waals surface area contributed by atoms with Crippen LogP contribution in [-0.2, 0) is 10.2 Å². The zero-order valence-corrected chi connectivity index (χ0v) is 19.6. The van der Waals surface area contributed by atoms with Gasteiger partial charge in [0.05, 0.1) is 23.9 Å². The van der Waals surface area contributed by atoms with Crippen LogP contribution in [0.1, 0.15) is 74.0 Å². The van der Waals surface area contributed by atoms with E-state index in [0.29, 0.717) is 19.4 Å². The first-order chi connectivity index (χ1) is 15.0. The van der Waals surface area contributed by atoms with Gasteiger partial charge in [0.1, 0.15) is 0 Å². The molecule has 1 saturated heterocycles. The number of fused-ring (bicyclic) bond motifs is 1.